The summed E-state index contributed by atoms with van der Waals surface area (Å²) in [5.74, 6) is -0.00278. The molecule has 2 heterocycles. The summed E-state index contributed by atoms with van der Waals surface area (Å²) < 4.78 is 23.4. The number of hydrogen-bond acceptors (Lipinski definition) is 3. The molecular weight excluding hydrogens is 312 g/mol. The molecule has 1 amide bonds. The van der Waals surface area contributed by atoms with Gasteiger partial charge in [-0.15, -0.1) is 6.58 Å². The van der Waals surface area contributed by atoms with Crippen LogP contribution in [-0.2, 0) is 9.84 Å². The SMILES string of the molecule is C=CCN(C(=O)c1cc2ccc(C)cc2[nH]1)[C@@H]1CCS(=O)(=O)C1. The number of benzene rings is 1. The van der Waals surface area contributed by atoms with Gasteiger partial charge in [-0.05, 0) is 31.0 Å². The van der Waals surface area contributed by atoms with Gasteiger partial charge in [0.25, 0.3) is 5.91 Å². The molecule has 1 N–H and O–H groups in total. The van der Waals surface area contributed by atoms with E-state index in [0.29, 0.717) is 18.7 Å². The summed E-state index contributed by atoms with van der Waals surface area (Å²) in [5.41, 5.74) is 2.51. The van der Waals surface area contributed by atoms with Crippen molar-refractivity contribution < 1.29 is 13.2 Å². The van der Waals surface area contributed by atoms with Gasteiger partial charge >= 0.3 is 0 Å². The predicted molar refractivity (Wildman–Crippen MR) is 91.3 cm³/mol. The number of hydrogen-bond donors (Lipinski definition) is 1. The van der Waals surface area contributed by atoms with Crippen LogP contribution < -0.4 is 0 Å². The van der Waals surface area contributed by atoms with Crippen LogP contribution in [0.4, 0.5) is 0 Å². The Kier molecular flexibility index (Phi) is 4.02. The Hall–Kier alpha value is -2.08. The van der Waals surface area contributed by atoms with Crippen molar-refractivity contribution in [3.05, 3.63) is 48.2 Å². The minimum atomic E-state index is -3.04. The first-order valence-corrected chi connectivity index (χ1v) is 9.43. The molecule has 1 aromatic heterocycles. The van der Waals surface area contributed by atoms with E-state index < -0.39 is 9.84 Å². The van der Waals surface area contributed by atoms with Crippen LogP contribution in [0.3, 0.4) is 0 Å². The summed E-state index contributed by atoms with van der Waals surface area (Å²) in [7, 11) is -3.04. The van der Waals surface area contributed by atoms with Crippen LogP contribution in [0.15, 0.2) is 36.9 Å². The Bertz CT molecular complexity index is 867. The van der Waals surface area contributed by atoms with Gasteiger partial charge in [0.05, 0.1) is 11.5 Å². The quantitative estimate of drug-likeness (QED) is 0.873. The number of nitrogens with zero attached hydrogens (tertiary/aromatic N) is 1. The van der Waals surface area contributed by atoms with Crippen LogP contribution in [0.25, 0.3) is 10.9 Å². The molecule has 0 spiro atoms. The number of nitrogens with one attached hydrogen (secondary N) is 1. The molecule has 5 nitrogen and oxygen atoms in total. The third kappa shape index (κ3) is 3.17. The molecule has 0 aliphatic carbocycles. The third-order valence-corrected chi connectivity index (χ3v) is 5.99. The van der Waals surface area contributed by atoms with Gasteiger partial charge in [0.2, 0.25) is 0 Å². The maximum absolute atomic E-state index is 12.8. The number of amides is 1. The van der Waals surface area contributed by atoms with Crippen molar-refractivity contribution >= 4 is 26.6 Å². The van der Waals surface area contributed by atoms with Gasteiger partial charge < -0.3 is 9.88 Å². The second kappa shape index (κ2) is 5.85. The molecule has 6 heteroatoms. The van der Waals surface area contributed by atoms with Gasteiger partial charge in [-0.1, -0.05) is 18.2 Å². The summed E-state index contributed by atoms with van der Waals surface area (Å²) >= 11 is 0. The zero-order valence-corrected chi connectivity index (χ0v) is 13.9. The normalized spacial score (nSPS) is 19.8. The van der Waals surface area contributed by atoms with E-state index >= 15 is 0 Å². The average Bonchev–Trinajstić information content (AvgIpc) is 3.06. The van der Waals surface area contributed by atoms with Gasteiger partial charge in [0.15, 0.2) is 9.84 Å². The Morgan fingerprint density at radius 1 is 1.43 bits per heavy atom. The Balaban J connectivity index is 1.92. The number of rotatable bonds is 4. The highest BCUT2D eigenvalue weighted by molar-refractivity contribution is 7.91. The van der Waals surface area contributed by atoms with Crippen molar-refractivity contribution in [2.24, 2.45) is 0 Å². The zero-order valence-electron chi connectivity index (χ0n) is 13.1. The predicted octanol–water partition coefficient (Wildman–Crippen LogP) is 2.29. The number of carbonyl (C=O) groups excluding carboxylic acids is 1. The van der Waals surface area contributed by atoms with Gasteiger partial charge in [-0.3, -0.25) is 4.79 Å². The van der Waals surface area contributed by atoms with Crippen LogP contribution in [0, 0.1) is 6.92 Å². The molecule has 1 saturated heterocycles. The molecule has 0 bridgehead atoms. The van der Waals surface area contributed by atoms with Crippen molar-refractivity contribution in [2.75, 3.05) is 18.1 Å². The summed E-state index contributed by atoms with van der Waals surface area (Å²) in [6, 6.07) is 7.49. The second-order valence-electron chi connectivity index (χ2n) is 6.08. The first-order chi connectivity index (χ1) is 10.9. The summed E-state index contributed by atoms with van der Waals surface area (Å²) in [5, 5.41) is 0.969. The van der Waals surface area contributed by atoms with E-state index in [0.717, 1.165) is 16.5 Å². The minimum Gasteiger partial charge on any atom is -0.351 e. The number of H-pyrrole nitrogens is 1. The van der Waals surface area contributed by atoms with Gasteiger partial charge in [-0.2, -0.15) is 0 Å². The van der Waals surface area contributed by atoms with Crippen molar-refractivity contribution in [3.8, 4) is 0 Å². The van der Waals surface area contributed by atoms with Gasteiger partial charge in [0.1, 0.15) is 5.69 Å². The molecule has 1 atom stereocenters. The number of carbonyl (C=O) groups is 1. The number of fused-ring (bicyclic) bond motifs is 1. The van der Waals surface area contributed by atoms with Crippen LogP contribution in [0.1, 0.15) is 22.5 Å². The van der Waals surface area contributed by atoms with Crippen LogP contribution in [-0.4, -0.2) is 48.3 Å². The fraction of sp³-hybridized carbons (Fsp3) is 0.353. The number of sulfone groups is 1. The van der Waals surface area contributed by atoms with Crippen molar-refractivity contribution in [1.82, 2.24) is 9.88 Å². The Morgan fingerprint density at radius 2 is 2.22 bits per heavy atom. The van der Waals surface area contributed by atoms with Crippen molar-refractivity contribution in [3.63, 3.8) is 0 Å². The summed E-state index contributed by atoms with van der Waals surface area (Å²) in [6.07, 6.45) is 2.12. The van der Waals surface area contributed by atoms with Crippen LogP contribution in [0.2, 0.25) is 0 Å². The number of aryl methyl sites for hydroxylation is 1. The van der Waals surface area contributed by atoms with E-state index in [1.807, 2.05) is 31.2 Å². The van der Waals surface area contributed by atoms with Gasteiger partial charge in [0, 0.05) is 23.5 Å². The molecule has 122 valence electrons. The lowest BCUT2D eigenvalue weighted by Crippen LogP contribution is -2.41. The Morgan fingerprint density at radius 3 is 2.87 bits per heavy atom. The van der Waals surface area contributed by atoms with E-state index in [1.165, 1.54) is 0 Å². The largest absolute Gasteiger partial charge is 0.351 e. The maximum atomic E-state index is 12.8. The highest BCUT2D eigenvalue weighted by atomic mass is 32.2. The van der Waals surface area contributed by atoms with E-state index in [-0.39, 0.29) is 23.5 Å². The van der Waals surface area contributed by atoms with Crippen LogP contribution >= 0.6 is 0 Å². The molecule has 1 aromatic carbocycles. The lowest BCUT2D eigenvalue weighted by molar-refractivity contribution is 0.0715. The van der Waals surface area contributed by atoms with Crippen molar-refractivity contribution in [2.45, 2.75) is 19.4 Å². The standard InChI is InChI=1S/C17H20N2O3S/c1-3-7-19(14-6-8-23(21,22)11-14)17(20)16-10-13-5-4-12(2)9-15(13)18-16/h3-5,9-10,14,18H,1,6-8,11H2,2H3/t14-/m1/s1. The van der Waals surface area contributed by atoms with Crippen LogP contribution in [0.5, 0.6) is 0 Å². The molecule has 1 aliphatic rings. The monoisotopic (exact) mass is 332 g/mol. The lowest BCUT2D eigenvalue weighted by Gasteiger charge is -2.26. The maximum Gasteiger partial charge on any atom is 0.270 e. The molecule has 1 fully saturated rings. The highest BCUT2D eigenvalue weighted by Crippen LogP contribution is 2.22. The first-order valence-electron chi connectivity index (χ1n) is 7.61. The summed E-state index contributed by atoms with van der Waals surface area (Å²) in [4.78, 5) is 17.6. The first kappa shape index (κ1) is 15.8. The molecule has 23 heavy (non-hydrogen) atoms. The third-order valence-electron chi connectivity index (χ3n) is 4.24. The second-order valence-corrected chi connectivity index (χ2v) is 8.31. The minimum absolute atomic E-state index is 0.0336. The highest BCUT2D eigenvalue weighted by Gasteiger charge is 2.34. The molecular formula is C17H20N2O3S. The molecule has 3 rings (SSSR count). The average molecular weight is 332 g/mol. The van der Waals surface area contributed by atoms with E-state index in [1.54, 1.807) is 11.0 Å². The van der Waals surface area contributed by atoms with Gasteiger partial charge in [-0.25, -0.2) is 8.42 Å². The molecule has 0 radical (unpaired) electrons. The smallest absolute Gasteiger partial charge is 0.270 e. The van der Waals surface area contributed by atoms with Crippen molar-refractivity contribution in [1.29, 1.82) is 0 Å². The fourth-order valence-corrected chi connectivity index (χ4v) is 4.80. The number of aromatic amines is 1. The fourth-order valence-electron chi connectivity index (χ4n) is 3.07. The summed E-state index contributed by atoms with van der Waals surface area (Å²) in [6.45, 7) is 6.02. The molecule has 2 aromatic rings. The molecule has 1 aliphatic heterocycles. The lowest BCUT2D eigenvalue weighted by atomic mass is 10.2. The van der Waals surface area contributed by atoms with E-state index in [2.05, 4.69) is 11.6 Å². The Labute approximate surface area is 135 Å². The zero-order chi connectivity index (χ0) is 16.6. The number of aromatic nitrogens is 1. The molecule has 0 unspecified atom stereocenters. The van der Waals surface area contributed by atoms with E-state index in [9.17, 15) is 13.2 Å². The molecule has 0 saturated carbocycles. The topological polar surface area (TPSA) is 70.2 Å². The van der Waals surface area contributed by atoms with E-state index in [4.69, 9.17) is 0 Å².